The molecule has 494 valence electrons. The van der Waals surface area contributed by atoms with Crippen LogP contribution < -0.4 is 10.6 Å². The second-order valence-corrected chi connectivity index (χ2v) is 30.6. The van der Waals surface area contributed by atoms with E-state index in [0.29, 0.717) is 56.4 Å². The van der Waals surface area contributed by atoms with Gasteiger partial charge >= 0.3 is 23.9 Å². The van der Waals surface area contributed by atoms with Crippen LogP contribution in [0.3, 0.4) is 0 Å². The quantitative estimate of drug-likeness (QED) is 0.0650. The fraction of sp³-hybridized carbons (Fsp3) is 0.370. The highest BCUT2D eigenvalue weighted by atomic mass is 16.5. The van der Waals surface area contributed by atoms with E-state index in [-0.39, 0.29) is 102 Å². The third-order valence-electron chi connectivity index (χ3n) is 19.7. The summed E-state index contributed by atoms with van der Waals surface area (Å²) in [5.74, 6) is -4.87. The molecule has 1 aliphatic heterocycles. The smallest absolute Gasteiger partial charge is 0.342 e. The van der Waals surface area contributed by atoms with Crippen molar-refractivity contribution in [1.82, 2.24) is 10.3 Å². The number of benzene rings is 6. The fourth-order valence-electron chi connectivity index (χ4n) is 14.8. The van der Waals surface area contributed by atoms with E-state index in [1.54, 1.807) is 91.0 Å². The summed E-state index contributed by atoms with van der Waals surface area (Å²) >= 11 is 0. The number of hydrogen-bond donors (Lipinski definition) is 5. The maximum atomic E-state index is 16.2. The van der Waals surface area contributed by atoms with Crippen molar-refractivity contribution in [2.45, 2.75) is 135 Å². The summed E-state index contributed by atoms with van der Waals surface area (Å²) in [6.45, 7) is 30.6. The lowest BCUT2D eigenvalue weighted by atomic mass is 9.59. The van der Waals surface area contributed by atoms with Gasteiger partial charge < -0.3 is 35.3 Å². The summed E-state index contributed by atoms with van der Waals surface area (Å²) in [5.41, 5.74) is 2.46. The minimum absolute atomic E-state index is 0.00496. The molecule has 4 atom stereocenters. The zero-order chi connectivity index (χ0) is 68.6. The number of esters is 2. The van der Waals surface area contributed by atoms with Crippen LogP contribution in [0.2, 0.25) is 0 Å². The van der Waals surface area contributed by atoms with Crippen molar-refractivity contribution in [2.24, 2.45) is 62.2 Å². The zero-order valence-electron chi connectivity index (χ0n) is 57.1. The molecule has 2 saturated carbocycles. The lowest BCUT2D eigenvalue weighted by molar-refractivity contribution is -0.164. The number of aliphatic imine (C=N–C) groups is 1. The highest BCUT2D eigenvalue weighted by Gasteiger charge is 2.51. The molecule has 2 amide bonds. The molecule has 0 bridgehead atoms. The number of aromatic nitrogens is 1. The first kappa shape index (κ1) is 68.4. The Morgan fingerprint density at radius 1 is 0.463 bits per heavy atom. The molecule has 2 aliphatic carbocycles. The first-order valence-electron chi connectivity index (χ1n) is 33.1. The molecule has 2 fully saturated rings. The van der Waals surface area contributed by atoms with Crippen molar-refractivity contribution in [2.75, 3.05) is 5.32 Å². The standard InChI is InChI=1S/C81H90N4O10/c1-46-41-58(78(3,4)5)68(59(42-46)79(6,7)8)94-76(92)66-64(48-29-17-15-18-30-48)62(82-70(66)84-72(86)54-37-25-21-33-50(54)52-35-23-27-39-56(52)74(88)89)45-63-65(49-31-19-16-20-32-49)67(77(93)95-69-60(80(9,10)11)43-47(2)44-61(69)81(12,13)14)71(83-63)85-73(87)55-38-26-22-34-51(55)53-36-24-28-40-57(53)75(90)91/h15-40,45-47,58-61,68-69,82H,41-44H2,1-14H3,(H,84,86)(H,88,89)(H,90,91)(H,83,85,87). The van der Waals surface area contributed by atoms with E-state index in [9.17, 15) is 19.8 Å². The summed E-state index contributed by atoms with van der Waals surface area (Å²) < 4.78 is 14.2. The summed E-state index contributed by atoms with van der Waals surface area (Å²) in [5, 5.41) is 26.9. The van der Waals surface area contributed by atoms with E-state index in [1.165, 1.54) is 12.1 Å². The van der Waals surface area contributed by atoms with Gasteiger partial charge in [-0.3, -0.25) is 9.59 Å². The SMILES string of the molecule is CC1CC(C(C)(C)C)C(OC(=O)C2=C(c3ccccc3)C(=Cc3[nH]c(NC(=O)c4ccccc4-c4ccccc4C(=O)O)c(C(=O)OC4C(C(C)(C)C)CC(C)CC4C(C)(C)C)c3-c3ccccc3)N=C2NC(=O)c2ccccc2-c2ccccc2C(=O)O)C(C(C)(C)C)C1. The molecule has 10 rings (SSSR count). The molecule has 5 N–H and O–H groups in total. The van der Waals surface area contributed by atoms with Crippen LogP contribution in [0.25, 0.3) is 45.0 Å². The van der Waals surface area contributed by atoms with E-state index >= 15 is 19.2 Å². The zero-order valence-corrected chi connectivity index (χ0v) is 57.1. The van der Waals surface area contributed by atoms with Crippen LogP contribution >= 0.6 is 0 Å². The second-order valence-electron chi connectivity index (χ2n) is 30.6. The van der Waals surface area contributed by atoms with E-state index in [0.717, 1.165) is 25.7 Å². The molecule has 14 heteroatoms. The van der Waals surface area contributed by atoms with Gasteiger partial charge in [-0.05, 0) is 123 Å². The molecule has 95 heavy (non-hydrogen) atoms. The molecular weight excluding hydrogens is 1190 g/mol. The van der Waals surface area contributed by atoms with Gasteiger partial charge in [0.2, 0.25) is 0 Å². The second kappa shape index (κ2) is 27.1. The number of ether oxygens (including phenoxy) is 2. The maximum Gasteiger partial charge on any atom is 0.342 e. The van der Waals surface area contributed by atoms with Gasteiger partial charge in [0.1, 0.15) is 35.0 Å². The molecule has 0 radical (unpaired) electrons. The average molecular weight is 1280 g/mol. The number of H-pyrrole nitrogens is 1. The molecule has 0 saturated heterocycles. The van der Waals surface area contributed by atoms with Crippen molar-refractivity contribution in [3.8, 4) is 33.4 Å². The largest absolute Gasteiger partial charge is 0.478 e. The van der Waals surface area contributed by atoms with Gasteiger partial charge in [-0.15, -0.1) is 0 Å². The van der Waals surface area contributed by atoms with Crippen LogP contribution in [-0.2, 0) is 14.3 Å². The number of allylic oxidation sites excluding steroid dienone is 1. The van der Waals surface area contributed by atoms with Crippen molar-refractivity contribution in [3.05, 3.63) is 208 Å². The molecule has 6 aromatic carbocycles. The Labute approximate surface area is 558 Å². The van der Waals surface area contributed by atoms with E-state index < -0.39 is 47.9 Å². The third-order valence-corrected chi connectivity index (χ3v) is 19.7. The summed E-state index contributed by atoms with van der Waals surface area (Å²) in [7, 11) is 0. The normalized spacial score (nSPS) is 21.4. The number of rotatable bonds is 14. The number of hydrogen-bond acceptors (Lipinski definition) is 9. The third kappa shape index (κ3) is 14.6. The van der Waals surface area contributed by atoms with Crippen LogP contribution in [0.5, 0.6) is 0 Å². The van der Waals surface area contributed by atoms with Crippen molar-refractivity contribution >= 4 is 59.0 Å². The number of carbonyl (C=O) groups is 6. The van der Waals surface area contributed by atoms with Gasteiger partial charge in [-0.25, -0.2) is 24.2 Å². The van der Waals surface area contributed by atoms with E-state index in [2.05, 4.69) is 113 Å². The van der Waals surface area contributed by atoms with Crippen LogP contribution in [0.1, 0.15) is 186 Å². The lowest BCUT2D eigenvalue weighted by Gasteiger charge is -2.50. The van der Waals surface area contributed by atoms with Gasteiger partial charge in [0.15, 0.2) is 0 Å². The number of nitrogens with zero attached hydrogens (tertiary/aromatic N) is 1. The number of nitrogens with one attached hydrogen (secondary N) is 3. The number of aromatic amines is 1. The first-order valence-corrected chi connectivity index (χ1v) is 33.1. The van der Waals surface area contributed by atoms with Crippen molar-refractivity contribution in [1.29, 1.82) is 0 Å². The van der Waals surface area contributed by atoms with E-state index in [4.69, 9.17) is 14.5 Å². The molecule has 3 aliphatic rings. The number of amides is 2. The van der Waals surface area contributed by atoms with Gasteiger partial charge in [0.05, 0.1) is 22.5 Å². The van der Waals surface area contributed by atoms with Crippen LogP contribution in [-0.4, -0.2) is 68.9 Å². The number of aromatic carboxylic acids is 2. The maximum absolute atomic E-state index is 16.2. The van der Waals surface area contributed by atoms with Gasteiger partial charge in [0, 0.05) is 45.9 Å². The molecule has 2 heterocycles. The molecule has 14 nitrogen and oxygen atoms in total. The number of carboxylic acids is 2. The highest BCUT2D eigenvalue weighted by Crippen LogP contribution is 2.53. The van der Waals surface area contributed by atoms with Crippen LogP contribution in [0, 0.1) is 57.2 Å². The Balaban J connectivity index is 1.23. The van der Waals surface area contributed by atoms with Gasteiger partial charge in [-0.2, -0.15) is 0 Å². The van der Waals surface area contributed by atoms with Gasteiger partial charge in [0.25, 0.3) is 11.8 Å². The summed E-state index contributed by atoms with van der Waals surface area (Å²) in [6, 6.07) is 44.7. The Morgan fingerprint density at radius 3 is 1.21 bits per heavy atom. The first-order chi connectivity index (χ1) is 44.8. The van der Waals surface area contributed by atoms with Crippen molar-refractivity contribution < 1.29 is 48.5 Å². The monoisotopic (exact) mass is 1280 g/mol. The predicted octanol–water partition coefficient (Wildman–Crippen LogP) is 18.2. The molecule has 1 aromatic heterocycles. The lowest BCUT2D eigenvalue weighted by Crippen LogP contribution is -2.50. The number of carbonyl (C=O) groups excluding carboxylic acids is 4. The van der Waals surface area contributed by atoms with E-state index in [1.807, 2.05) is 60.7 Å². The molecular formula is C81H90N4O10. The average Bonchev–Trinajstić information content (AvgIpc) is 1.70. The minimum atomic E-state index is -1.18. The molecule has 7 aromatic rings. The van der Waals surface area contributed by atoms with Crippen LogP contribution in [0.15, 0.2) is 174 Å². The summed E-state index contributed by atoms with van der Waals surface area (Å²) in [4.78, 5) is 97.4. The van der Waals surface area contributed by atoms with Crippen molar-refractivity contribution in [3.63, 3.8) is 0 Å². The Bertz CT molecular complexity index is 4140. The number of amidine groups is 1. The fourth-order valence-corrected chi connectivity index (χ4v) is 14.8. The molecule has 4 unspecified atom stereocenters. The predicted molar refractivity (Wildman–Crippen MR) is 376 cm³/mol. The Kier molecular flexibility index (Phi) is 19.5. The molecule has 0 spiro atoms. The Morgan fingerprint density at radius 2 is 0.811 bits per heavy atom. The number of anilines is 1. The van der Waals surface area contributed by atoms with Gasteiger partial charge in [-0.1, -0.05) is 230 Å². The highest BCUT2D eigenvalue weighted by molar-refractivity contribution is 6.33. The van der Waals surface area contributed by atoms with Crippen LogP contribution in [0.4, 0.5) is 5.82 Å². The number of carboxylic acid groups (broad SMARTS) is 2. The topological polar surface area (TPSA) is 214 Å². The summed E-state index contributed by atoms with van der Waals surface area (Å²) in [6.07, 6.45) is 3.82. The Hall–Kier alpha value is -9.43. The minimum Gasteiger partial charge on any atom is -0.478 e.